The zero-order valence-corrected chi connectivity index (χ0v) is 8.95. The van der Waals surface area contributed by atoms with Gasteiger partial charge in [-0.05, 0) is 19.3 Å². The van der Waals surface area contributed by atoms with Crippen LogP contribution in [-0.2, 0) is 9.53 Å². The Kier molecular flexibility index (Phi) is 2.48. The zero-order valence-electron chi connectivity index (χ0n) is 8.95. The normalized spacial score (nSPS) is 34.8. The van der Waals surface area contributed by atoms with Gasteiger partial charge in [-0.25, -0.2) is 0 Å². The molecule has 14 heavy (non-hydrogen) atoms. The maximum atomic E-state index is 11.6. The van der Waals surface area contributed by atoms with Crippen LogP contribution < -0.4 is 0 Å². The van der Waals surface area contributed by atoms with Crippen molar-refractivity contribution in [3.05, 3.63) is 12.2 Å². The van der Waals surface area contributed by atoms with E-state index in [9.17, 15) is 4.79 Å². The van der Waals surface area contributed by atoms with Crippen LogP contribution in [0, 0.1) is 5.92 Å². The van der Waals surface area contributed by atoms with E-state index >= 15 is 0 Å². The predicted octanol–water partition coefficient (Wildman–Crippen LogP) is 2.48. The van der Waals surface area contributed by atoms with E-state index in [4.69, 9.17) is 4.74 Å². The Morgan fingerprint density at radius 2 is 2.21 bits per heavy atom. The smallest absolute Gasteiger partial charge is 0.172 e. The topological polar surface area (TPSA) is 26.3 Å². The van der Waals surface area contributed by atoms with Crippen LogP contribution >= 0.6 is 0 Å². The van der Waals surface area contributed by atoms with Crippen LogP contribution in [0.5, 0.6) is 0 Å². The summed E-state index contributed by atoms with van der Waals surface area (Å²) in [5.41, 5.74) is -0.397. The molecule has 0 aliphatic heterocycles. The maximum Gasteiger partial charge on any atom is 0.172 e. The van der Waals surface area contributed by atoms with Crippen molar-refractivity contribution in [2.45, 2.75) is 51.2 Å². The minimum atomic E-state index is -0.397. The molecule has 2 aliphatic rings. The third kappa shape index (κ3) is 1.33. The van der Waals surface area contributed by atoms with Crippen molar-refractivity contribution in [3.63, 3.8) is 0 Å². The molecular formula is C12H18O2. The molecule has 2 nitrogen and oxygen atoms in total. The lowest BCUT2D eigenvalue weighted by atomic mass is 10.0. The molecule has 0 N–H and O–H groups in total. The number of ketones is 1. The number of rotatable bonds is 4. The fourth-order valence-corrected chi connectivity index (χ4v) is 2.36. The van der Waals surface area contributed by atoms with Gasteiger partial charge in [0.1, 0.15) is 5.60 Å². The Morgan fingerprint density at radius 1 is 1.50 bits per heavy atom. The van der Waals surface area contributed by atoms with Crippen LogP contribution in [0.3, 0.4) is 0 Å². The first-order valence-corrected chi connectivity index (χ1v) is 5.61. The van der Waals surface area contributed by atoms with Gasteiger partial charge in [-0.3, -0.25) is 4.79 Å². The van der Waals surface area contributed by atoms with E-state index in [2.05, 4.69) is 26.0 Å². The van der Waals surface area contributed by atoms with Crippen molar-refractivity contribution in [1.29, 1.82) is 0 Å². The third-order valence-electron chi connectivity index (χ3n) is 3.46. The van der Waals surface area contributed by atoms with Gasteiger partial charge in [0.15, 0.2) is 5.78 Å². The lowest BCUT2D eigenvalue weighted by molar-refractivity contribution is -0.121. The van der Waals surface area contributed by atoms with Gasteiger partial charge in [-0.1, -0.05) is 26.0 Å². The van der Waals surface area contributed by atoms with Crippen LogP contribution in [0.15, 0.2) is 12.2 Å². The molecule has 0 heterocycles. The summed E-state index contributed by atoms with van der Waals surface area (Å²) in [4.78, 5) is 11.6. The number of hydrogen-bond acceptors (Lipinski definition) is 2. The largest absolute Gasteiger partial charge is 0.363 e. The quantitative estimate of drug-likeness (QED) is 0.643. The Hall–Kier alpha value is -0.630. The lowest BCUT2D eigenvalue weighted by Gasteiger charge is -2.23. The second-order valence-electron chi connectivity index (χ2n) is 4.27. The van der Waals surface area contributed by atoms with Gasteiger partial charge in [0.25, 0.3) is 0 Å². The van der Waals surface area contributed by atoms with Gasteiger partial charge in [0.05, 0.1) is 12.0 Å². The minimum Gasteiger partial charge on any atom is -0.363 e. The summed E-state index contributed by atoms with van der Waals surface area (Å²) < 4.78 is 5.96. The average molecular weight is 194 g/mol. The molecule has 1 saturated carbocycles. The first-order valence-electron chi connectivity index (χ1n) is 5.61. The summed E-state index contributed by atoms with van der Waals surface area (Å²) in [6.45, 7) is 4.23. The Balaban J connectivity index is 2.03. The maximum absolute atomic E-state index is 11.6. The zero-order chi connectivity index (χ0) is 10.2. The van der Waals surface area contributed by atoms with Gasteiger partial charge in [0, 0.05) is 6.42 Å². The van der Waals surface area contributed by atoms with E-state index < -0.39 is 5.60 Å². The molecule has 0 spiro atoms. The first-order chi connectivity index (χ1) is 6.74. The van der Waals surface area contributed by atoms with Gasteiger partial charge in [0.2, 0.25) is 0 Å². The SMILES string of the molecule is CCC(CC)OC12CC=CCC1C2=O. The number of carbonyl (C=O) groups excluding carboxylic acids is 1. The second-order valence-corrected chi connectivity index (χ2v) is 4.27. The summed E-state index contributed by atoms with van der Waals surface area (Å²) in [5.74, 6) is 0.502. The molecule has 2 rings (SSSR count). The molecule has 0 aromatic heterocycles. The molecule has 0 saturated heterocycles. The molecule has 0 amide bonds. The summed E-state index contributed by atoms with van der Waals surface area (Å²) in [5, 5.41) is 0. The standard InChI is InChI=1S/C12H18O2/c1-3-9(4-2)14-12-8-6-5-7-10(12)11(12)13/h5-6,9-10H,3-4,7-8H2,1-2H3. The molecular weight excluding hydrogens is 176 g/mol. The van der Waals surface area contributed by atoms with Crippen LogP contribution in [0.25, 0.3) is 0 Å². The second kappa shape index (κ2) is 3.50. The van der Waals surface area contributed by atoms with Crippen molar-refractivity contribution < 1.29 is 9.53 Å². The Labute approximate surface area is 85.3 Å². The highest BCUT2D eigenvalue weighted by Gasteiger charge is 2.66. The number of allylic oxidation sites excluding steroid dienone is 1. The number of carbonyl (C=O) groups is 1. The van der Waals surface area contributed by atoms with Crippen LogP contribution in [0.1, 0.15) is 39.5 Å². The molecule has 78 valence electrons. The van der Waals surface area contributed by atoms with Crippen LogP contribution in [-0.4, -0.2) is 17.5 Å². The van der Waals surface area contributed by atoms with Crippen molar-refractivity contribution in [2.24, 2.45) is 5.92 Å². The highest BCUT2D eigenvalue weighted by molar-refractivity contribution is 6.07. The Bertz CT molecular complexity index is 265. The van der Waals surface area contributed by atoms with E-state index in [0.29, 0.717) is 5.78 Å². The molecule has 2 heteroatoms. The number of ether oxygens (including phenoxy) is 1. The first kappa shape index (κ1) is 9.91. The average Bonchev–Trinajstić information content (AvgIpc) is 2.82. The highest BCUT2D eigenvalue weighted by Crippen LogP contribution is 2.51. The summed E-state index contributed by atoms with van der Waals surface area (Å²) in [7, 11) is 0. The monoisotopic (exact) mass is 194 g/mol. The third-order valence-corrected chi connectivity index (χ3v) is 3.46. The number of Topliss-reactive ketones (excluding diaryl/α,β-unsaturated/α-hetero) is 1. The lowest BCUT2D eigenvalue weighted by Crippen LogP contribution is -2.27. The van der Waals surface area contributed by atoms with Crippen LogP contribution in [0.4, 0.5) is 0 Å². The molecule has 2 atom stereocenters. The Morgan fingerprint density at radius 3 is 2.79 bits per heavy atom. The molecule has 2 unspecified atom stereocenters. The molecule has 0 aromatic carbocycles. The van der Waals surface area contributed by atoms with Gasteiger partial charge in [-0.2, -0.15) is 0 Å². The van der Waals surface area contributed by atoms with E-state index in [1.807, 2.05) is 0 Å². The predicted molar refractivity (Wildman–Crippen MR) is 55.1 cm³/mol. The van der Waals surface area contributed by atoms with Crippen molar-refractivity contribution in [3.8, 4) is 0 Å². The molecule has 0 aromatic rings. The molecule has 1 fully saturated rings. The van der Waals surface area contributed by atoms with Gasteiger partial charge in [-0.15, -0.1) is 0 Å². The van der Waals surface area contributed by atoms with Crippen molar-refractivity contribution in [2.75, 3.05) is 0 Å². The number of fused-ring (bicyclic) bond motifs is 1. The van der Waals surface area contributed by atoms with Gasteiger partial charge < -0.3 is 4.74 Å². The van der Waals surface area contributed by atoms with Crippen LogP contribution in [0.2, 0.25) is 0 Å². The van der Waals surface area contributed by atoms with Crippen molar-refractivity contribution >= 4 is 5.78 Å². The molecule has 0 bridgehead atoms. The van der Waals surface area contributed by atoms with E-state index in [0.717, 1.165) is 25.7 Å². The molecule has 0 radical (unpaired) electrons. The van der Waals surface area contributed by atoms with Crippen molar-refractivity contribution in [1.82, 2.24) is 0 Å². The van der Waals surface area contributed by atoms with E-state index in [-0.39, 0.29) is 12.0 Å². The summed E-state index contributed by atoms with van der Waals surface area (Å²) in [6.07, 6.45) is 8.14. The fourth-order valence-electron chi connectivity index (χ4n) is 2.36. The summed E-state index contributed by atoms with van der Waals surface area (Å²) >= 11 is 0. The molecule has 2 aliphatic carbocycles. The van der Waals surface area contributed by atoms with Gasteiger partial charge >= 0.3 is 0 Å². The summed E-state index contributed by atoms with van der Waals surface area (Å²) in [6, 6.07) is 0. The number of hydrogen-bond donors (Lipinski definition) is 0. The fraction of sp³-hybridized carbons (Fsp3) is 0.750. The van der Waals surface area contributed by atoms with E-state index in [1.54, 1.807) is 0 Å². The minimum absolute atomic E-state index is 0.174. The highest BCUT2D eigenvalue weighted by atomic mass is 16.5. The van der Waals surface area contributed by atoms with E-state index in [1.165, 1.54) is 0 Å².